The number of hydrogen-bond donors (Lipinski definition) is 2. The molecule has 298 valence electrons. The summed E-state index contributed by atoms with van der Waals surface area (Å²) in [6.07, 6.45) is 30.3. The van der Waals surface area contributed by atoms with Crippen LogP contribution in [0.5, 0.6) is 0 Å². The van der Waals surface area contributed by atoms with E-state index in [1.807, 2.05) is 6.92 Å². The number of ether oxygens (including phenoxy) is 1. The van der Waals surface area contributed by atoms with Crippen LogP contribution in [0.3, 0.4) is 0 Å². The molecule has 4 saturated carbocycles. The van der Waals surface area contributed by atoms with Crippen LogP contribution in [0.25, 0.3) is 0 Å². The van der Waals surface area contributed by atoms with Gasteiger partial charge in [-0.3, -0.25) is 9.59 Å². The van der Waals surface area contributed by atoms with E-state index in [2.05, 4.69) is 47.6 Å². The lowest BCUT2D eigenvalue weighted by molar-refractivity contribution is -0.200. The largest absolute Gasteiger partial charge is 0.481 e. The minimum absolute atomic E-state index is 0.00737. The van der Waals surface area contributed by atoms with Gasteiger partial charge in [0, 0.05) is 18.3 Å². The van der Waals surface area contributed by atoms with E-state index < -0.39 is 11.4 Å². The maximum atomic E-state index is 13.4. The highest BCUT2D eigenvalue weighted by atomic mass is 16.5. The van der Waals surface area contributed by atoms with Crippen molar-refractivity contribution in [3.63, 3.8) is 0 Å². The molecular weight excluding hydrogens is 645 g/mol. The van der Waals surface area contributed by atoms with Crippen LogP contribution in [-0.2, 0) is 14.3 Å². The van der Waals surface area contributed by atoms with Crippen LogP contribution in [-0.4, -0.2) is 34.4 Å². The van der Waals surface area contributed by atoms with Crippen LogP contribution in [0.2, 0.25) is 0 Å². The Bertz CT molecular complexity index is 1240. The molecule has 0 aromatic heterocycles. The molecule has 4 fully saturated rings. The number of carbonyl (C=O) groups is 2. The van der Waals surface area contributed by atoms with Crippen molar-refractivity contribution in [3.05, 3.63) is 11.6 Å². The highest BCUT2D eigenvalue weighted by Gasteiger charge is 2.68. The van der Waals surface area contributed by atoms with Gasteiger partial charge >= 0.3 is 11.9 Å². The molecule has 5 heteroatoms. The Hall–Kier alpha value is -1.36. The van der Waals surface area contributed by atoms with Crippen LogP contribution in [0.4, 0.5) is 0 Å². The van der Waals surface area contributed by atoms with Gasteiger partial charge in [0.25, 0.3) is 0 Å². The van der Waals surface area contributed by atoms with E-state index in [0.29, 0.717) is 37.0 Å². The van der Waals surface area contributed by atoms with Crippen molar-refractivity contribution >= 4 is 11.9 Å². The summed E-state index contributed by atoms with van der Waals surface area (Å²) >= 11 is 0. The Morgan fingerprint density at radius 1 is 0.750 bits per heavy atom. The first kappa shape index (κ1) is 41.8. The number of unbranched alkanes of at least 4 members (excludes halogenated alkanes) is 14. The zero-order valence-electron chi connectivity index (χ0n) is 34.8. The second kappa shape index (κ2) is 17.2. The first-order chi connectivity index (χ1) is 24.7. The number of esters is 1. The molecule has 0 amide bonds. The summed E-state index contributed by atoms with van der Waals surface area (Å²) < 4.78 is 6.43. The Labute approximate surface area is 319 Å². The van der Waals surface area contributed by atoms with Crippen LogP contribution in [0.1, 0.15) is 209 Å². The molecule has 52 heavy (non-hydrogen) atoms. The average molecular weight is 725 g/mol. The van der Waals surface area contributed by atoms with E-state index in [0.717, 1.165) is 44.9 Å². The lowest BCUT2D eigenvalue weighted by Crippen LogP contribution is -2.64. The van der Waals surface area contributed by atoms with Gasteiger partial charge in [0.05, 0.1) is 11.5 Å². The fourth-order valence-corrected chi connectivity index (χ4v) is 13.3. The van der Waals surface area contributed by atoms with Crippen molar-refractivity contribution in [2.24, 2.45) is 50.7 Å². The van der Waals surface area contributed by atoms with Crippen LogP contribution in [0.15, 0.2) is 11.6 Å². The fraction of sp³-hybridized carbons (Fsp3) is 0.915. The molecule has 5 rings (SSSR count). The first-order valence-electron chi connectivity index (χ1n) is 22.5. The predicted octanol–water partition coefficient (Wildman–Crippen LogP) is 12.6. The number of carboxylic acid groups (broad SMARTS) is 1. The number of carboxylic acids is 1. The Morgan fingerprint density at radius 2 is 1.33 bits per heavy atom. The van der Waals surface area contributed by atoms with Crippen LogP contribution in [0, 0.1) is 50.7 Å². The fourth-order valence-electron chi connectivity index (χ4n) is 13.3. The van der Waals surface area contributed by atoms with Crippen molar-refractivity contribution < 1.29 is 24.5 Å². The van der Waals surface area contributed by atoms with E-state index in [1.165, 1.54) is 102 Å². The van der Waals surface area contributed by atoms with E-state index >= 15 is 0 Å². The SMILES string of the molecule is CCCCCCCCCCCCCCCCCC(=O)O[C@H]1CC(C)(C(=O)O)C[C@@H]2C3=CC[C@@H]4[C@@]5(C)CC[C@@H](O)[C@@H](C)C5CC[C@@]4(C)[C@]3(C)CC[C@@]12C. The molecule has 5 aliphatic rings. The molecular formula is C47H80O5. The summed E-state index contributed by atoms with van der Waals surface area (Å²) in [6.45, 7) is 16.4. The van der Waals surface area contributed by atoms with Crippen molar-refractivity contribution in [1.82, 2.24) is 0 Å². The molecule has 0 bridgehead atoms. The van der Waals surface area contributed by atoms with E-state index in [9.17, 15) is 19.8 Å². The summed E-state index contributed by atoms with van der Waals surface area (Å²) in [6, 6.07) is 0. The third-order valence-corrected chi connectivity index (χ3v) is 17.2. The summed E-state index contributed by atoms with van der Waals surface area (Å²) in [5, 5.41) is 21.4. The molecule has 5 nitrogen and oxygen atoms in total. The number of aliphatic hydroxyl groups excluding tert-OH is 1. The van der Waals surface area contributed by atoms with Gasteiger partial charge in [-0.25, -0.2) is 0 Å². The highest BCUT2D eigenvalue weighted by molar-refractivity contribution is 5.75. The maximum absolute atomic E-state index is 13.4. The molecule has 0 aliphatic heterocycles. The number of aliphatic hydroxyl groups is 1. The minimum Gasteiger partial charge on any atom is -0.481 e. The summed E-state index contributed by atoms with van der Waals surface area (Å²) in [5.41, 5.74) is 0.638. The van der Waals surface area contributed by atoms with E-state index in [1.54, 1.807) is 0 Å². The molecule has 0 aromatic carbocycles. The van der Waals surface area contributed by atoms with Crippen LogP contribution < -0.4 is 0 Å². The number of aliphatic carboxylic acids is 1. The molecule has 0 spiro atoms. The molecule has 5 aliphatic carbocycles. The maximum Gasteiger partial charge on any atom is 0.309 e. The number of rotatable bonds is 18. The number of fused-ring (bicyclic) bond motifs is 7. The van der Waals surface area contributed by atoms with E-state index in [-0.39, 0.29) is 45.8 Å². The van der Waals surface area contributed by atoms with Gasteiger partial charge in [-0.2, -0.15) is 0 Å². The monoisotopic (exact) mass is 725 g/mol. The lowest BCUT2D eigenvalue weighted by atomic mass is 9.34. The second-order valence-electron chi connectivity index (χ2n) is 20.3. The smallest absolute Gasteiger partial charge is 0.309 e. The lowest BCUT2D eigenvalue weighted by Gasteiger charge is -2.70. The predicted molar refractivity (Wildman–Crippen MR) is 213 cm³/mol. The van der Waals surface area contributed by atoms with Gasteiger partial charge < -0.3 is 14.9 Å². The first-order valence-corrected chi connectivity index (χ1v) is 22.5. The van der Waals surface area contributed by atoms with Gasteiger partial charge in [-0.05, 0) is 105 Å². The van der Waals surface area contributed by atoms with Gasteiger partial charge in [-0.1, -0.05) is 143 Å². The topological polar surface area (TPSA) is 83.8 Å². The zero-order chi connectivity index (χ0) is 37.8. The van der Waals surface area contributed by atoms with Crippen molar-refractivity contribution in [3.8, 4) is 0 Å². The van der Waals surface area contributed by atoms with E-state index in [4.69, 9.17) is 4.74 Å². The Morgan fingerprint density at radius 3 is 1.90 bits per heavy atom. The summed E-state index contributed by atoms with van der Waals surface area (Å²) in [7, 11) is 0. The molecule has 11 atom stereocenters. The third-order valence-electron chi connectivity index (χ3n) is 17.2. The Balaban J connectivity index is 1.16. The van der Waals surface area contributed by atoms with Gasteiger partial charge in [0.2, 0.25) is 0 Å². The van der Waals surface area contributed by atoms with Crippen molar-refractivity contribution in [2.45, 2.75) is 221 Å². The molecule has 0 radical (unpaired) electrons. The number of allylic oxidation sites excluding steroid dienone is 2. The standard InChI is InChI=1S/C47H80O5/c1-8-9-10-11-12-13-14-15-16-17-18-19-20-21-22-23-41(49)52-40-33-43(3,42(50)51)32-37-36-24-25-39-44(4)28-27-38(48)34(2)35(44)26-29-47(39,7)46(36,6)31-30-45(37,40)5/h24,34-35,37-40,48H,8-23,25-33H2,1-7H3,(H,50,51)/t34-,35?,37+,38+,39+,40-,43?,44-,45+,46+,47+/m0/s1. The molecule has 2 unspecified atom stereocenters. The van der Waals surface area contributed by atoms with Gasteiger partial charge in [0.1, 0.15) is 6.10 Å². The average Bonchev–Trinajstić information content (AvgIpc) is 3.09. The second-order valence-corrected chi connectivity index (χ2v) is 20.3. The number of carbonyl (C=O) groups excluding carboxylic acids is 1. The van der Waals surface area contributed by atoms with Gasteiger partial charge in [-0.15, -0.1) is 0 Å². The minimum atomic E-state index is -0.917. The Kier molecular flexibility index (Phi) is 13.8. The van der Waals surface area contributed by atoms with Crippen molar-refractivity contribution in [2.75, 3.05) is 0 Å². The molecule has 0 heterocycles. The third kappa shape index (κ3) is 8.11. The van der Waals surface area contributed by atoms with Crippen molar-refractivity contribution in [1.29, 1.82) is 0 Å². The highest BCUT2D eigenvalue weighted by Crippen LogP contribution is 2.75. The molecule has 2 N–H and O–H groups in total. The quantitative estimate of drug-likeness (QED) is 0.0835. The van der Waals surface area contributed by atoms with Gasteiger partial charge in [0.15, 0.2) is 0 Å². The molecule has 0 saturated heterocycles. The summed E-state index contributed by atoms with van der Waals surface area (Å²) in [4.78, 5) is 26.4. The molecule has 0 aromatic rings. The van der Waals surface area contributed by atoms with Crippen LogP contribution >= 0.6 is 0 Å². The zero-order valence-corrected chi connectivity index (χ0v) is 34.8. The summed E-state index contributed by atoms with van der Waals surface area (Å²) in [5.74, 6) is 0.668. The number of hydrogen-bond acceptors (Lipinski definition) is 4. The normalized spacial score (nSPS) is 41.2.